The number of benzene rings is 3. The third kappa shape index (κ3) is 4.64. The fraction of sp³-hybridized carbons (Fsp3) is 0.280. The van der Waals surface area contributed by atoms with Crippen molar-refractivity contribution < 1.29 is 9.53 Å². The number of halogens is 1. The van der Waals surface area contributed by atoms with Crippen LogP contribution in [0.3, 0.4) is 0 Å². The van der Waals surface area contributed by atoms with Crippen LogP contribution in [0.5, 0.6) is 0 Å². The summed E-state index contributed by atoms with van der Waals surface area (Å²) in [7, 11) is 0. The lowest BCUT2D eigenvalue weighted by Gasteiger charge is -2.29. The van der Waals surface area contributed by atoms with Gasteiger partial charge in [0.25, 0.3) is 0 Å². The van der Waals surface area contributed by atoms with Crippen LogP contribution in [0, 0.1) is 0 Å². The molecule has 32 heavy (non-hydrogen) atoms. The molecule has 1 saturated heterocycles. The minimum atomic E-state index is 0.0553. The minimum absolute atomic E-state index is 0.0553. The molecule has 1 aliphatic heterocycles. The van der Waals surface area contributed by atoms with Crippen LogP contribution in [-0.2, 0) is 16.0 Å². The topological polar surface area (TPSA) is 45.7 Å². The Bertz CT molecular complexity index is 1250. The van der Waals surface area contributed by atoms with Gasteiger partial charge in [-0.05, 0) is 34.5 Å². The zero-order valence-corrected chi connectivity index (χ0v) is 19.2. The number of rotatable bonds is 6. The molecule has 1 fully saturated rings. The average molecular weight is 466 g/mol. The van der Waals surface area contributed by atoms with Gasteiger partial charge in [-0.2, -0.15) is 0 Å². The van der Waals surface area contributed by atoms with Gasteiger partial charge in [0.05, 0.1) is 29.9 Å². The second-order valence-electron chi connectivity index (χ2n) is 7.92. The van der Waals surface area contributed by atoms with E-state index in [1.165, 1.54) is 11.3 Å². The van der Waals surface area contributed by atoms with E-state index < -0.39 is 0 Å². The van der Waals surface area contributed by atoms with Crippen molar-refractivity contribution >= 4 is 55.0 Å². The normalized spacial score (nSPS) is 14.8. The number of hydrogen-bond donors (Lipinski definition) is 0. The van der Waals surface area contributed by atoms with E-state index >= 15 is 0 Å². The Hall–Kier alpha value is -2.51. The number of hydrogen-bond acceptors (Lipinski definition) is 5. The molecule has 5 rings (SSSR count). The van der Waals surface area contributed by atoms with E-state index in [2.05, 4.69) is 23.1 Å². The molecule has 164 valence electrons. The largest absolute Gasteiger partial charge is 0.379 e. The van der Waals surface area contributed by atoms with Crippen molar-refractivity contribution in [2.45, 2.75) is 6.42 Å². The maximum absolute atomic E-state index is 13.6. The molecule has 1 aromatic heterocycles. The SMILES string of the molecule is O=C(Cc1cccc2ccccc12)N(CCN1CCOCC1)c1nc2ccc(Cl)cc2s1. The summed E-state index contributed by atoms with van der Waals surface area (Å²) < 4.78 is 6.45. The van der Waals surface area contributed by atoms with Crippen molar-refractivity contribution in [3.05, 3.63) is 71.2 Å². The van der Waals surface area contributed by atoms with Crippen molar-refractivity contribution in [3.8, 4) is 0 Å². The molecular weight excluding hydrogens is 442 g/mol. The summed E-state index contributed by atoms with van der Waals surface area (Å²) in [6.45, 7) is 4.65. The maximum atomic E-state index is 13.6. The molecule has 0 radical (unpaired) electrons. The number of aromatic nitrogens is 1. The van der Waals surface area contributed by atoms with E-state index in [4.69, 9.17) is 21.3 Å². The number of morpholine rings is 1. The summed E-state index contributed by atoms with van der Waals surface area (Å²) in [6.07, 6.45) is 0.334. The molecule has 0 unspecified atom stereocenters. The summed E-state index contributed by atoms with van der Waals surface area (Å²) in [4.78, 5) is 22.5. The summed E-state index contributed by atoms with van der Waals surface area (Å²) in [6, 6.07) is 20.0. The number of thiazole rings is 1. The van der Waals surface area contributed by atoms with Gasteiger partial charge in [-0.3, -0.25) is 14.6 Å². The van der Waals surface area contributed by atoms with Crippen LogP contribution in [0.4, 0.5) is 5.13 Å². The molecule has 0 N–H and O–H groups in total. The Morgan fingerprint density at radius 1 is 1.09 bits per heavy atom. The first-order valence-corrected chi connectivity index (χ1v) is 12.0. The Labute approximate surface area is 196 Å². The molecule has 0 spiro atoms. The number of amides is 1. The molecular formula is C25H24ClN3O2S. The second kappa shape index (κ2) is 9.55. The highest BCUT2D eigenvalue weighted by Crippen LogP contribution is 2.31. The monoisotopic (exact) mass is 465 g/mol. The first-order chi connectivity index (χ1) is 15.7. The van der Waals surface area contributed by atoms with Crippen LogP contribution in [0.15, 0.2) is 60.7 Å². The van der Waals surface area contributed by atoms with Gasteiger partial charge < -0.3 is 4.74 Å². The fourth-order valence-electron chi connectivity index (χ4n) is 4.10. The number of anilines is 1. The van der Waals surface area contributed by atoms with Crippen molar-refractivity contribution in [1.29, 1.82) is 0 Å². The lowest BCUT2D eigenvalue weighted by molar-refractivity contribution is -0.118. The first kappa shape index (κ1) is 21.3. The molecule has 0 bridgehead atoms. The van der Waals surface area contributed by atoms with Crippen molar-refractivity contribution in [2.24, 2.45) is 0 Å². The summed E-state index contributed by atoms with van der Waals surface area (Å²) >= 11 is 7.69. The van der Waals surface area contributed by atoms with Crippen LogP contribution in [0.2, 0.25) is 5.02 Å². The molecule has 0 saturated carbocycles. The number of carbonyl (C=O) groups is 1. The zero-order valence-electron chi connectivity index (χ0n) is 17.7. The highest BCUT2D eigenvalue weighted by molar-refractivity contribution is 7.22. The molecule has 5 nitrogen and oxygen atoms in total. The summed E-state index contributed by atoms with van der Waals surface area (Å²) in [5, 5.41) is 3.66. The minimum Gasteiger partial charge on any atom is -0.379 e. The predicted octanol–water partition coefficient (Wildman–Crippen LogP) is 5.01. The van der Waals surface area contributed by atoms with Gasteiger partial charge in [-0.1, -0.05) is 65.4 Å². The van der Waals surface area contributed by atoms with Gasteiger partial charge in [0.1, 0.15) is 0 Å². The van der Waals surface area contributed by atoms with Crippen LogP contribution in [0.1, 0.15) is 5.56 Å². The van der Waals surface area contributed by atoms with E-state index in [-0.39, 0.29) is 5.91 Å². The number of nitrogens with zero attached hydrogens (tertiary/aromatic N) is 3. The van der Waals surface area contributed by atoms with Gasteiger partial charge in [0, 0.05) is 31.2 Å². The average Bonchev–Trinajstić information content (AvgIpc) is 3.23. The van der Waals surface area contributed by atoms with E-state index in [1.54, 1.807) is 0 Å². The molecule has 0 aliphatic carbocycles. The third-order valence-corrected chi connectivity index (χ3v) is 7.11. The quantitative estimate of drug-likeness (QED) is 0.401. The van der Waals surface area contributed by atoms with Crippen molar-refractivity contribution in [3.63, 3.8) is 0 Å². The standard InChI is InChI=1S/C25H24ClN3O2S/c26-20-8-9-22-23(17-20)32-25(27-22)29(11-10-28-12-14-31-15-13-28)24(30)16-19-6-3-5-18-4-1-2-7-21(18)19/h1-9,17H,10-16H2. The van der Waals surface area contributed by atoms with Crippen molar-refractivity contribution in [2.75, 3.05) is 44.3 Å². The van der Waals surface area contributed by atoms with E-state index in [1.807, 2.05) is 47.4 Å². The van der Waals surface area contributed by atoms with E-state index in [0.29, 0.717) is 18.0 Å². The molecule has 0 atom stereocenters. The van der Waals surface area contributed by atoms with Crippen molar-refractivity contribution in [1.82, 2.24) is 9.88 Å². The molecule has 3 aromatic carbocycles. The van der Waals surface area contributed by atoms with Gasteiger partial charge in [0.2, 0.25) is 5.91 Å². The number of fused-ring (bicyclic) bond motifs is 2. The maximum Gasteiger partial charge on any atom is 0.233 e. The van der Waals surface area contributed by atoms with Gasteiger partial charge in [0.15, 0.2) is 5.13 Å². The van der Waals surface area contributed by atoms with Crippen LogP contribution >= 0.6 is 22.9 Å². The summed E-state index contributed by atoms with van der Waals surface area (Å²) in [5.41, 5.74) is 1.90. The highest BCUT2D eigenvalue weighted by Gasteiger charge is 2.22. The Kier molecular flexibility index (Phi) is 6.37. The third-order valence-electron chi connectivity index (χ3n) is 5.84. The highest BCUT2D eigenvalue weighted by atomic mass is 35.5. The first-order valence-electron chi connectivity index (χ1n) is 10.8. The molecule has 2 heterocycles. The lowest BCUT2D eigenvalue weighted by Crippen LogP contribution is -2.43. The molecule has 1 amide bonds. The van der Waals surface area contributed by atoms with Gasteiger partial charge in [-0.25, -0.2) is 4.98 Å². The Morgan fingerprint density at radius 3 is 2.78 bits per heavy atom. The number of ether oxygens (including phenoxy) is 1. The van der Waals surface area contributed by atoms with E-state index in [9.17, 15) is 4.79 Å². The lowest BCUT2D eigenvalue weighted by atomic mass is 10.0. The van der Waals surface area contributed by atoms with Gasteiger partial charge >= 0.3 is 0 Å². The smallest absolute Gasteiger partial charge is 0.233 e. The van der Waals surface area contributed by atoms with Gasteiger partial charge in [-0.15, -0.1) is 0 Å². The summed E-state index contributed by atoms with van der Waals surface area (Å²) in [5.74, 6) is 0.0553. The molecule has 1 aliphatic rings. The molecule has 7 heteroatoms. The van der Waals surface area contributed by atoms with Crippen LogP contribution in [-0.4, -0.2) is 55.2 Å². The zero-order chi connectivity index (χ0) is 21.9. The van der Waals surface area contributed by atoms with Crippen LogP contribution in [0.25, 0.3) is 21.0 Å². The van der Waals surface area contributed by atoms with E-state index in [0.717, 1.165) is 64.5 Å². The Morgan fingerprint density at radius 2 is 1.91 bits per heavy atom. The Balaban J connectivity index is 1.44. The van der Waals surface area contributed by atoms with Crippen LogP contribution < -0.4 is 4.90 Å². The fourth-order valence-corrected chi connectivity index (χ4v) is 5.38. The molecule has 4 aromatic rings. The predicted molar refractivity (Wildman–Crippen MR) is 132 cm³/mol. The second-order valence-corrected chi connectivity index (χ2v) is 9.37. The number of carbonyl (C=O) groups excluding carboxylic acids is 1.